The van der Waals surface area contributed by atoms with Crippen molar-refractivity contribution in [2.45, 2.75) is 64.6 Å². The maximum atomic E-state index is 13.1. The lowest BCUT2D eigenvalue weighted by atomic mass is 9.48. The van der Waals surface area contributed by atoms with E-state index in [1.165, 1.54) is 6.07 Å². The minimum Gasteiger partial charge on any atom is -0.460 e. The van der Waals surface area contributed by atoms with E-state index >= 15 is 0 Å². The number of ether oxygens (including phenoxy) is 1. The van der Waals surface area contributed by atoms with Gasteiger partial charge in [0.15, 0.2) is 0 Å². The summed E-state index contributed by atoms with van der Waals surface area (Å²) in [6.07, 6.45) is 4.92. The number of esters is 1. The largest absolute Gasteiger partial charge is 0.460 e. The van der Waals surface area contributed by atoms with Crippen LogP contribution in [0.15, 0.2) is 27.4 Å². The number of carbonyl (C=O) groups excluding carboxylic acids is 1. The van der Waals surface area contributed by atoms with E-state index in [-0.39, 0.29) is 12.6 Å². The van der Waals surface area contributed by atoms with Crippen LogP contribution in [0.1, 0.15) is 55.2 Å². The van der Waals surface area contributed by atoms with E-state index in [4.69, 9.17) is 9.15 Å². The number of hydrogen-bond donors (Lipinski definition) is 1. The third-order valence-electron chi connectivity index (χ3n) is 7.34. The number of hydrogen-bond acceptors (Lipinski definition) is 5. The van der Waals surface area contributed by atoms with Crippen molar-refractivity contribution in [2.24, 2.45) is 17.3 Å². The molecule has 4 aliphatic carbocycles. The van der Waals surface area contributed by atoms with E-state index in [9.17, 15) is 14.7 Å². The fourth-order valence-corrected chi connectivity index (χ4v) is 6.39. The summed E-state index contributed by atoms with van der Waals surface area (Å²) in [6.45, 7) is 3.95. The molecular weight excluding hydrogens is 356 g/mol. The number of carbonyl (C=O) groups is 1. The molecule has 4 aliphatic rings. The number of aryl methyl sites for hydroxylation is 2. The molecule has 2 unspecified atom stereocenters. The van der Waals surface area contributed by atoms with Gasteiger partial charge < -0.3 is 14.3 Å². The lowest BCUT2D eigenvalue weighted by Crippen LogP contribution is -2.58. The average molecular weight is 382 g/mol. The van der Waals surface area contributed by atoms with Crippen molar-refractivity contribution in [1.82, 2.24) is 0 Å². The van der Waals surface area contributed by atoms with Crippen LogP contribution < -0.4 is 5.63 Å². The predicted octanol–water partition coefficient (Wildman–Crippen LogP) is 3.78. The van der Waals surface area contributed by atoms with Crippen LogP contribution in [0.3, 0.4) is 0 Å². The minimum absolute atomic E-state index is 0.0545. The highest BCUT2D eigenvalue weighted by atomic mass is 16.5. The minimum atomic E-state index is -0.696. The Labute approximate surface area is 163 Å². The standard InChI is InChI=1S/C23H26O5/c1-13-3-4-18-17(6-19(24)28-20(18)14(13)2)11-27-21(25)22-7-15-5-16(8-22)10-23(26,9-15)12-22/h3-4,6,15-16,26H,5,7-12H2,1-2H3. The first kappa shape index (κ1) is 17.9. The number of fused-ring (bicyclic) bond motifs is 1. The molecule has 5 nitrogen and oxygen atoms in total. The fourth-order valence-electron chi connectivity index (χ4n) is 6.39. The van der Waals surface area contributed by atoms with Gasteiger partial charge in [0.25, 0.3) is 0 Å². The van der Waals surface area contributed by atoms with Crippen LogP contribution in [0, 0.1) is 31.1 Å². The van der Waals surface area contributed by atoms with Crippen LogP contribution in [-0.2, 0) is 16.1 Å². The second kappa shape index (κ2) is 5.93. The van der Waals surface area contributed by atoms with Crippen LogP contribution in [0.4, 0.5) is 0 Å². The molecule has 2 aromatic rings. The number of benzene rings is 1. The van der Waals surface area contributed by atoms with Crippen molar-refractivity contribution in [2.75, 3.05) is 0 Å². The SMILES string of the molecule is Cc1ccc2c(COC(=O)C34CC5CC(CC(O)(C5)C3)C4)cc(=O)oc2c1C. The van der Waals surface area contributed by atoms with Crippen molar-refractivity contribution >= 4 is 16.9 Å². The Balaban J connectivity index is 1.42. The molecule has 0 amide bonds. The van der Waals surface area contributed by atoms with Crippen LogP contribution in [0.2, 0.25) is 0 Å². The lowest BCUT2D eigenvalue weighted by Gasteiger charge is -2.58. The lowest BCUT2D eigenvalue weighted by molar-refractivity contribution is -0.197. The van der Waals surface area contributed by atoms with Gasteiger partial charge in [0.05, 0.1) is 11.0 Å². The van der Waals surface area contributed by atoms with Gasteiger partial charge in [-0.15, -0.1) is 0 Å². The van der Waals surface area contributed by atoms with Gasteiger partial charge in [-0.3, -0.25) is 4.79 Å². The molecule has 0 spiro atoms. The normalized spacial score (nSPS) is 33.4. The van der Waals surface area contributed by atoms with E-state index < -0.39 is 16.6 Å². The molecule has 28 heavy (non-hydrogen) atoms. The molecule has 4 bridgehead atoms. The van der Waals surface area contributed by atoms with Gasteiger partial charge in [0, 0.05) is 17.0 Å². The van der Waals surface area contributed by atoms with Crippen LogP contribution >= 0.6 is 0 Å². The first-order valence-electron chi connectivity index (χ1n) is 10.2. The summed E-state index contributed by atoms with van der Waals surface area (Å²) in [4.78, 5) is 25.2. The fraction of sp³-hybridized carbons (Fsp3) is 0.565. The Kier molecular flexibility index (Phi) is 3.80. The van der Waals surface area contributed by atoms with E-state index in [2.05, 4.69) is 0 Å². The van der Waals surface area contributed by atoms with Crippen LogP contribution in [-0.4, -0.2) is 16.7 Å². The summed E-state index contributed by atoms with van der Waals surface area (Å²) in [5.74, 6) is 0.633. The smallest absolute Gasteiger partial charge is 0.336 e. The van der Waals surface area contributed by atoms with Gasteiger partial charge in [-0.2, -0.15) is 0 Å². The van der Waals surface area contributed by atoms with E-state index in [0.29, 0.717) is 29.4 Å². The summed E-state index contributed by atoms with van der Waals surface area (Å²) in [5.41, 5.74) is 1.52. The second-order valence-electron chi connectivity index (χ2n) is 9.52. The zero-order valence-corrected chi connectivity index (χ0v) is 16.4. The van der Waals surface area contributed by atoms with Crippen molar-refractivity contribution in [3.63, 3.8) is 0 Å². The predicted molar refractivity (Wildman–Crippen MR) is 104 cm³/mol. The molecular formula is C23H26O5. The molecule has 0 radical (unpaired) electrons. The van der Waals surface area contributed by atoms with Gasteiger partial charge in [0.1, 0.15) is 12.2 Å². The number of rotatable bonds is 3. The van der Waals surface area contributed by atoms with Gasteiger partial charge in [-0.25, -0.2) is 4.79 Å². The molecule has 0 saturated heterocycles. The third kappa shape index (κ3) is 2.71. The van der Waals surface area contributed by atoms with E-state index in [1.54, 1.807) is 0 Å². The van der Waals surface area contributed by atoms with Crippen LogP contribution in [0.25, 0.3) is 11.0 Å². The van der Waals surface area contributed by atoms with Gasteiger partial charge >= 0.3 is 11.6 Å². The number of aliphatic hydroxyl groups is 1. The Morgan fingerprint density at radius 2 is 1.93 bits per heavy atom. The molecule has 1 aromatic heterocycles. The maximum absolute atomic E-state index is 13.1. The Morgan fingerprint density at radius 1 is 1.21 bits per heavy atom. The highest BCUT2D eigenvalue weighted by Gasteiger charge is 2.60. The molecule has 2 atom stereocenters. The molecule has 5 heteroatoms. The zero-order valence-electron chi connectivity index (χ0n) is 16.4. The van der Waals surface area contributed by atoms with E-state index in [0.717, 1.165) is 48.6 Å². The molecule has 148 valence electrons. The third-order valence-corrected chi connectivity index (χ3v) is 7.34. The van der Waals surface area contributed by atoms with Crippen molar-refractivity contribution in [3.8, 4) is 0 Å². The highest BCUT2D eigenvalue weighted by Crippen LogP contribution is 2.62. The topological polar surface area (TPSA) is 76.7 Å². The molecule has 4 saturated carbocycles. The molecule has 6 rings (SSSR count). The van der Waals surface area contributed by atoms with Gasteiger partial charge in [0.2, 0.25) is 0 Å². The summed E-state index contributed by atoms with van der Waals surface area (Å²) >= 11 is 0. The summed E-state index contributed by atoms with van der Waals surface area (Å²) in [5, 5.41) is 11.7. The first-order chi connectivity index (χ1) is 13.3. The quantitative estimate of drug-likeness (QED) is 0.646. The summed E-state index contributed by atoms with van der Waals surface area (Å²) < 4.78 is 11.2. The molecule has 1 N–H and O–H groups in total. The average Bonchev–Trinajstić information content (AvgIpc) is 2.60. The molecule has 0 aliphatic heterocycles. The molecule has 1 aromatic carbocycles. The molecule has 1 heterocycles. The van der Waals surface area contributed by atoms with Crippen molar-refractivity contribution in [3.05, 3.63) is 45.3 Å². The summed E-state index contributed by atoms with van der Waals surface area (Å²) in [6, 6.07) is 5.31. The Hall–Kier alpha value is -2.14. The van der Waals surface area contributed by atoms with Crippen LogP contribution in [0.5, 0.6) is 0 Å². The van der Waals surface area contributed by atoms with Gasteiger partial charge in [-0.05, 0) is 75.3 Å². The summed E-state index contributed by atoms with van der Waals surface area (Å²) in [7, 11) is 0. The van der Waals surface area contributed by atoms with E-state index in [1.807, 2.05) is 26.0 Å². The van der Waals surface area contributed by atoms with Crippen molar-refractivity contribution < 1.29 is 19.1 Å². The van der Waals surface area contributed by atoms with Gasteiger partial charge in [-0.1, -0.05) is 12.1 Å². The molecule has 4 fully saturated rings. The second-order valence-corrected chi connectivity index (χ2v) is 9.52. The Bertz CT molecular complexity index is 1020. The zero-order chi connectivity index (χ0) is 19.7. The Morgan fingerprint density at radius 3 is 2.61 bits per heavy atom. The first-order valence-corrected chi connectivity index (χ1v) is 10.2. The maximum Gasteiger partial charge on any atom is 0.336 e. The monoisotopic (exact) mass is 382 g/mol. The highest BCUT2D eigenvalue weighted by molar-refractivity contribution is 5.84. The van der Waals surface area contributed by atoms with Crippen molar-refractivity contribution in [1.29, 1.82) is 0 Å².